The van der Waals surface area contributed by atoms with Gasteiger partial charge in [-0.3, -0.25) is 9.59 Å². The zero-order valence-corrected chi connectivity index (χ0v) is 19.2. The average Bonchev–Trinajstić information content (AvgIpc) is 3.20. The fourth-order valence-corrected chi connectivity index (χ4v) is 5.80. The Morgan fingerprint density at radius 1 is 1.00 bits per heavy atom. The van der Waals surface area contributed by atoms with Crippen molar-refractivity contribution in [1.29, 1.82) is 0 Å². The first kappa shape index (κ1) is 23.4. The fourth-order valence-electron chi connectivity index (χ4n) is 4.29. The standard InChI is InChI=1S/C24H28FN3O4S/c25-20-6-4-18(5-7-20)12-15-27-17-19(16-23(27)29)24(30)26-21-8-10-22(11-9-21)33(31,32)28-13-2-1-3-14-28/h4-11,19H,1-3,12-17H2,(H,26,30)/t19-/m0/s1. The van der Waals surface area contributed by atoms with Crippen LogP contribution in [-0.2, 0) is 26.0 Å². The Morgan fingerprint density at radius 2 is 1.67 bits per heavy atom. The van der Waals surface area contributed by atoms with Crippen molar-refractivity contribution >= 4 is 27.5 Å². The molecule has 2 aliphatic heterocycles. The average molecular weight is 474 g/mol. The molecule has 4 rings (SSSR count). The van der Waals surface area contributed by atoms with Gasteiger partial charge in [0.2, 0.25) is 21.8 Å². The molecule has 33 heavy (non-hydrogen) atoms. The minimum atomic E-state index is -3.52. The number of anilines is 1. The van der Waals surface area contributed by atoms with E-state index in [9.17, 15) is 22.4 Å². The lowest BCUT2D eigenvalue weighted by Crippen LogP contribution is -2.35. The normalized spacial score (nSPS) is 19.6. The molecule has 2 amide bonds. The van der Waals surface area contributed by atoms with Crippen LogP contribution in [0.15, 0.2) is 53.4 Å². The Balaban J connectivity index is 1.31. The van der Waals surface area contributed by atoms with Crippen molar-refractivity contribution in [1.82, 2.24) is 9.21 Å². The second-order valence-electron chi connectivity index (χ2n) is 8.60. The highest BCUT2D eigenvalue weighted by atomic mass is 32.2. The Kier molecular flexibility index (Phi) is 7.09. The SMILES string of the molecule is O=C(Nc1ccc(S(=O)(=O)N2CCCCC2)cc1)[C@H]1CC(=O)N(CCc2ccc(F)cc2)C1. The van der Waals surface area contributed by atoms with Gasteiger partial charge in [-0.2, -0.15) is 4.31 Å². The molecule has 9 heteroatoms. The van der Waals surface area contributed by atoms with E-state index in [0.717, 1.165) is 24.8 Å². The molecule has 0 saturated carbocycles. The van der Waals surface area contributed by atoms with E-state index >= 15 is 0 Å². The molecule has 2 saturated heterocycles. The molecule has 2 aromatic rings. The largest absolute Gasteiger partial charge is 0.342 e. The summed E-state index contributed by atoms with van der Waals surface area (Å²) in [6.07, 6.45) is 3.51. The predicted molar refractivity (Wildman–Crippen MR) is 122 cm³/mol. The first-order valence-electron chi connectivity index (χ1n) is 11.3. The van der Waals surface area contributed by atoms with Crippen LogP contribution < -0.4 is 5.32 Å². The molecule has 2 fully saturated rings. The quantitative estimate of drug-likeness (QED) is 0.670. The molecule has 0 unspecified atom stereocenters. The van der Waals surface area contributed by atoms with Crippen LogP contribution in [0.5, 0.6) is 0 Å². The maximum Gasteiger partial charge on any atom is 0.243 e. The number of likely N-dealkylation sites (tertiary alicyclic amines) is 1. The first-order chi connectivity index (χ1) is 15.8. The Hall–Kier alpha value is -2.78. The molecule has 0 aromatic heterocycles. The fraction of sp³-hybridized carbons (Fsp3) is 0.417. The van der Waals surface area contributed by atoms with Gasteiger partial charge in [0.05, 0.1) is 10.8 Å². The van der Waals surface area contributed by atoms with Crippen LogP contribution in [0.2, 0.25) is 0 Å². The Morgan fingerprint density at radius 3 is 2.33 bits per heavy atom. The summed E-state index contributed by atoms with van der Waals surface area (Å²) < 4.78 is 40.1. The molecular weight excluding hydrogens is 445 g/mol. The van der Waals surface area contributed by atoms with E-state index in [1.54, 1.807) is 29.2 Å². The summed E-state index contributed by atoms with van der Waals surface area (Å²) in [7, 11) is -3.52. The zero-order chi connectivity index (χ0) is 23.4. The monoisotopic (exact) mass is 473 g/mol. The van der Waals surface area contributed by atoms with Crippen molar-refractivity contribution in [3.63, 3.8) is 0 Å². The number of nitrogens with one attached hydrogen (secondary N) is 1. The number of hydrogen-bond acceptors (Lipinski definition) is 4. The minimum absolute atomic E-state index is 0.0831. The van der Waals surface area contributed by atoms with Crippen molar-refractivity contribution < 1.29 is 22.4 Å². The van der Waals surface area contributed by atoms with E-state index in [0.29, 0.717) is 38.3 Å². The van der Waals surface area contributed by atoms with E-state index in [4.69, 9.17) is 0 Å². The summed E-state index contributed by atoms with van der Waals surface area (Å²) in [6, 6.07) is 12.3. The highest BCUT2D eigenvalue weighted by Gasteiger charge is 2.34. The first-order valence-corrected chi connectivity index (χ1v) is 12.7. The number of nitrogens with zero attached hydrogens (tertiary/aromatic N) is 2. The van der Waals surface area contributed by atoms with Crippen LogP contribution in [0, 0.1) is 11.7 Å². The lowest BCUT2D eigenvalue weighted by molar-refractivity contribution is -0.128. The lowest BCUT2D eigenvalue weighted by atomic mass is 10.1. The van der Waals surface area contributed by atoms with Gasteiger partial charge in [-0.1, -0.05) is 18.6 Å². The zero-order valence-electron chi connectivity index (χ0n) is 18.4. The second kappa shape index (κ2) is 10.0. The number of sulfonamides is 1. The highest BCUT2D eigenvalue weighted by molar-refractivity contribution is 7.89. The van der Waals surface area contributed by atoms with Crippen LogP contribution in [0.4, 0.5) is 10.1 Å². The molecule has 7 nitrogen and oxygen atoms in total. The summed E-state index contributed by atoms with van der Waals surface area (Å²) in [5.41, 5.74) is 1.42. The van der Waals surface area contributed by atoms with Crippen molar-refractivity contribution in [2.45, 2.75) is 37.0 Å². The molecular formula is C24H28FN3O4S. The van der Waals surface area contributed by atoms with Gasteiger partial charge < -0.3 is 10.2 Å². The van der Waals surface area contributed by atoms with Gasteiger partial charge in [0.25, 0.3) is 0 Å². The number of hydrogen-bond donors (Lipinski definition) is 1. The molecule has 0 bridgehead atoms. The van der Waals surface area contributed by atoms with Crippen LogP contribution in [-0.4, -0.2) is 55.6 Å². The Bertz CT molecular complexity index is 1100. The van der Waals surface area contributed by atoms with E-state index in [1.165, 1.54) is 28.6 Å². The number of benzene rings is 2. The van der Waals surface area contributed by atoms with E-state index in [2.05, 4.69) is 5.32 Å². The molecule has 1 atom stereocenters. The maximum absolute atomic E-state index is 13.0. The molecule has 2 heterocycles. The molecule has 0 spiro atoms. The van der Waals surface area contributed by atoms with Crippen molar-refractivity contribution in [3.05, 3.63) is 59.9 Å². The van der Waals surface area contributed by atoms with Gasteiger partial charge in [-0.25, -0.2) is 12.8 Å². The number of carbonyl (C=O) groups excluding carboxylic acids is 2. The summed E-state index contributed by atoms with van der Waals surface area (Å²) in [6.45, 7) is 1.87. The van der Waals surface area contributed by atoms with E-state index < -0.39 is 15.9 Å². The summed E-state index contributed by atoms with van der Waals surface area (Å²) in [4.78, 5) is 26.9. The highest BCUT2D eigenvalue weighted by Crippen LogP contribution is 2.24. The van der Waals surface area contributed by atoms with Crippen molar-refractivity contribution in [2.75, 3.05) is 31.5 Å². The number of halogens is 1. The Labute approximate surface area is 193 Å². The molecule has 1 N–H and O–H groups in total. The third-order valence-electron chi connectivity index (χ3n) is 6.24. The van der Waals surface area contributed by atoms with Gasteiger partial charge >= 0.3 is 0 Å². The lowest BCUT2D eigenvalue weighted by Gasteiger charge is -2.25. The van der Waals surface area contributed by atoms with Crippen molar-refractivity contribution in [3.8, 4) is 0 Å². The van der Waals surface area contributed by atoms with Crippen LogP contribution in [0.25, 0.3) is 0 Å². The summed E-state index contributed by atoms with van der Waals surface area (Å²) in [5, 5.41) is 2.80. The summed E-state index contributed by atoms with van der Waals surface area (Å²) in [5.74, 6) is -1.12. The third kappa shape index (κ3) is 5.59. The molecule has 0 aliphatic carbocycles. The maximum atomic E-state index is 13.0. The smallest absolute Gasteiger partial charge is 0.243 e. The number of amides is 2. The van der Waals surface area contributed by atoms with Gasteiger partial charge in [0, 0.05) is 38.3 Å². The summed E-state index contributed by atoms with van der Waals surface area (Å²) >= 11 is 0. The minimum Gasteiger partial charge on any atom is -0.342 e. The number of piperidine rings is 1. The number of carbonyl (C=O) groups is 2. The van der Waals surface area contributed by atoms with Crippen molar-refractivity contribution in [2.24, 2.45) is 5.92 Å². The van der Waals surface area contributed by atoms with Crippen LogP contribution >= 0.6 is 0 Å². The number of rotatable bonds is 7. The second-order valence-corrected chi connectivity index (χ2v) is 10.5. The van der Waals surface area contributed by atoms with E-state index in [-0.39, 0.29) is 28.9 Å². The van der Waals surface area contributed by atoms with Gasteiger partial charge in [-0.05, 0) is 61.2 Å². The van der Waals surface area contributed by atoms with Crippen LogP contribution in [0.3, 0.4) is 0 Å². The van der Waals surface area contributed by atoms with Gasteiger partial charge in [0.1, 0.15) is 5.82 Å². The molecule has 2 aliphatic rings. The predicted octanol–water partition coefficient (Wildman–Crippen LogP) is 3.03. The van der Waals surface area contributed by atoms with Gasteiger partial charge in [0.15, 0.2) is 0 Å². The third-order valence-corrected chi connectivity index (χ3v) is 8.16. The molecule has 0 radical (unpaired) electrons. The van der Waals surface area contributed by atoms with E-state index in [1.807, 2.05) is 0 Å². The molecule has 176 valence electrons. The topological polar surface area (TPSA) is 86.8 Å². The molecule has 2 aromatic carbocycles. The van der Waals surface area contributed by atoms with Gasteiger partial charge in [-0.15, -0.1) is 0 Å². The van der Waals surface area contributed by atoms with Crippen LogP contribution in [0.1, 0.15) is 31.2 Å².